The first-order valence-electron chi connectivity index (χ1n) is 7.33. The van der Waals surface area contributed by atoms with Crippen LogP contribution in [0.5, 0.6) is 0 Å². The summed E-state index contributed by atoms with van der Waals surface area (Å²) in [5.74, 6) is -0.972. The van der Waals surface area contributed by atoms with Crippen LogP contribution in [0, 0.1) is 11.3 Å². The molecular weight excluding hydrogens is 282 g/mol. The number of nitrogens with one attached hydrogen (secondary N) is 1. The Morgan fingerprint density at radius 1 is 1.32 bits per heavy atom. The van der Waals surface area contributed by atoms with E-state index in [-0.39, 0.29) is 6.61 Å². The molecule has 0 atom stereocenters. The number of carbonyl (C=O) groups is 2. The summed E-state index contributed by atoms with van der Waals surface area (Å²) in [4.78, 5) is 24.7. The van der Waals surface area contributed by atoms with E-state index in [1.54, 1.807) is 6.07 Å². The van der Waals surface area contributed by atoms with E-state index in [2.05, 4.69) is 21.0 Å². The number of carbonyl (C=O) groups excluding carboxylic acids is 2. The van der Waals surface area contributed by atoms with Crippen LogP contribution in [0.2, 0.25) is 0 Å². The van der Waals surface area contributed by atoms with Crippen LogP contribution in [0.25, 0.3) is 0 Å². The predicted molar refractivity (Wildman–Crippen MR) is 82.5 cm³/mol. The molecule has 0 aliphatic carbocycles. The first-order valence-corrected chi connectivity index (χ1v) is 7.33. The van der Waals surface area contributed by atoms with Crippen molar-refractivity contribution in [1.29, 1.82) is 5.26 Å². The molecule has 1 N–H and O–H groups in total. The van der Waals surface area contributed by atoms with Gasteiger partial charge in [-0.05, 0) is 31.4 Å². The SMILES string of the molecule is CC(=O)OCC(=O)Nc1cccc(N2CCCCC2)c1C#N. The van der Waals surface area contributed by atoms with Gasteiger partial charge < -0.3 is 15.0 Å². The average Bonchev–Trinajstić information content (AvgIpc) is 2.53. The van der Waals surface area contributed by atoms with Crippen LogP contribution in [0.15, 0.2) is 18.2 Å². The minimum absolute atomic E-state index is 0.353. The Hall–Kier alpha value is -2.55. The van der Waals surface area contributed by atoms with Crippen LogP contribution in [0.4, 0.5) is 11.4 Å². The zero-order valence-electron chi connectivity index (χ0n) is 12.6. The second-order valence-electron chi connectivity index (χ2n) is 5.19. The van der Waals surface area contributed by atoms with Crippen molar-refractivity contribution in [2.45, 2.75) is 26.2 Å². The van der Waals surface area contributed by atoms with E-state index in [0.29, 0.717) is 11.3 Å². The van der Waals surface area contributed by atoms with E-state index >= 15 is 0 Å². The molecule has 6 nitrogen and oxygen atoms in total. The fourth-order valence-electron chi connectivity index (χ4n) is 2.51. The number of anilines is 2. The highest BCUT2D eigenvalue weighted by molar-refractivity contribution is 5.95. The summed E-state index contributed by atoms with van der Waals surface area (Å²) in [6.45, 7) is 2.72. The summed E-state index contributed by atoms with van der Waals surface area (Å²) >= 11 is 0. The summed E-state index contributed by atoms with van der Waals surface area (Å²) in [6.07, 6.45) is 3.42. The summed E-state index contributed by atoms with van der Waals surface area (Å²) < 4.78 is 4.65. The third-order valence-corrected chi connectivity index (χ3v) is 3.53. The van der Waals surface area contributed by atoms with E-state index in [1.165, 1.54) is 13.3 Å². The van der Waals surface area contributed by atoms with Crippen LogP contribution < -0.4 is 10.2 Å². The Morgan fingerprint density at radius 3 is 2.68 bits per heavy atom. The molecule has 0 unspecified atom stereocenters. The van der Waals surface area contributed by atoms with Crippen molar-refractivity contribution in [2.24, 2.45) is 0 Å². The number of ether oxygens (including phenoxy) is 1. The predicted octanol–water partition coefficient (Wildman–Crippen LogP) is 2.05. The molecule has 6 heteroatoms. The lowest BCUT2D eigenvalue weighted by Gasteiger charge is -2.30. The van der Waals surface area contributed by atoms with Crippen molar-refractivity contribution >= 4 is 23.3 Å². The van der Waals surface area contributed by atoms with Gasteiger partial charge in [0.1, 0.15) is 6.07 Å². The maximum absolute atomic E-state index is 11.8. The maximum Gasteiger partial charge on any atom is 0.303 e. The standard InChI is InChI=1S/C16H19N3O3/c1-12(20)22-11-16(21)18-14-6-5-7-15(13(14)10-17)19-8-3-2-4-9-19/h5-7H,2-4,8-9,11H2,1H3,(H,18,21). The molecule has 1 aliphatic heterocycles. The van der Waals surface area contributed by atoms with Crippen molar-refractivity contribution in [3.05, 3.63) is 23.8 Å². The molecule has 0 radical (unpaired) electrons. The number of amides is 1. The van der Waals surface area contributed by atoms with Gasteiger partial charge in [0.15, 0.2) is 6.61 Å². The van der Waals surface area contributed by atoms with E-state index in [1.807, 2.05) is 12.1 Å². The lowest BCUT2D eigenvalue weighted by molar-refractivity contribution is -0.144. The molecule has 0 saturated carbocycles. The zero-order chi connectivity index (χ0) is 15.9. The van der Waals surface area contributed by atoms with E-state index in [9.17, 15) is 14.9 Å². The fourth-order valence-corrected chi connectivity index (χ4v) is 2.51. The number of esters is 1. The Morgan fingerprint density at radius 2 is 2.05 bits per heavy atom. The van der Waals surface area contributed by atoms with Gasteiger partial charge in [0.05, 0.1) is 16.9 Å². The molecule has 1 fully saturated rings. The molecule has 1 aliphatic rings. The van der Waals surface area contributed by atoms with Crippen LogP contribution in [0.3, 0.4) is 0 Å². The highest BCUT2D eigenvalue weighted by Gasteiger charge is 2.18. The van der Waals surface area contributed by atoms with E-state index < -0.39 is 11.9 Å². The van der Waals surface area contributed by atoms with Crippen LogP contribution in [-0.4, -0.2) is 31.6 Å². The molecule has 2 rings (SSSR count). The van der Waals surface area contributed by atoms with Gasteiger partial charge in [-0.25, -0.2) is 0 Å². The topological polar surface area (TPSA) is 82.4 Å². The number of hydrogen-bond acceptors (Lipinski definition) is 5. The molecule has 0 aromatic heterocycles. The van der Waals surface area contributed by atoms with Gasteiger partial charge in [-0.15, -0.1) is 0 Å². The van der Waals surface area contributed by atoms with Crippen LogP contribution >= 0.6 is 0 Å². The van der Waals surface area contributed by atoms with Crippen molar-refractivity contribution in [3.8, 4) is 6.07 Å². The number of piperidine rings is 1. The third kappa shape index (κ3) is 3.98. The second kappa shape index (κ2) is 7.46. The summed E-state index contributed by atoms with van der Waals surface area (Å²) in [5.41, 5.74) is 1.73. The molecule has 0 bridgehead atoms. The zero-order valence-corrected chi connectivity index (χ0v) is 12.6. The van der Waals surface area contributed by atoms with E-state index in [0.717, 1.165) is 31.6 Å². The Labute approximate surface area is 129 Å². The minimum Gasteiger partial charge on any atom is -0.456 e. The normalized spacial score (nSPS) is 14.1. The van der Waals surface area contributed by atoms with Gasteiger partial charge in [0.25, 0.3) is 5.91 Å². The molecule has 1 aromatic carbocycles. The van der Waals surface area contributed by atoms with Gasteiger partial charge in [0.2, 0.25) is 0 Å². The largest absolute Gasteiger partial charge is 0.456 e. The van der Waals surface area contributed by atoms with Gasteiger partial charge in [0, 0.05) is 20.0 Å². The lowest BCUT2D eigenvalue weighted by Crippen LogP contribution is -2.30. The van der Waals surface area contributed by atoms with Crippen molar-refractivity contribution < 1.29 is 14.3 Å². The third-order valence-electron chi connectivity index (χ3n) is 3.53. The first kappa shape index (κ1) is 15.8. The summed E-state index contributed by atoms with van der Waals surface area (Å²) in [7, 11) is 0. The van der Waals surface area contributed by atoms with Crippen molar-refractivity contribution in [1.82, 2.24) is 0 Å². The number of rotatable bonds is 4. The van der Waals surface area contributed by atoms with Crippen LogP contribution in [0.1, 0.15) is 31.7 Å². The van der Waals surface area contributed by atoms with Crippen molar-refractivity contribution in [3.63, 3.8) is 0 Å². The number of nitrogens with zero attached hydrogens (tertiary/aromatic N) is 2. The molecule has 1 saturated heterocycles. The fraction of sp³-hybridized carbons (Fsp3) is 0.438. The number of hydrogen-bond donors (Lipinski definition) is 1. The van der Waals surface area contributed by atoms with Gasteiger partial charge in [-0.1, -0.05) is 6.07 Å². The number of benzene rings is 1. The number of nitriles is 1. The molecular formula is C16H19N3O3. The Bertz CT molecular complexity index is 601. The monoisotopic (exact) mass is 301 g/mol. The molecule has 116 valence electrons. The van der Waals surface area contributed by atoms with Gasteiger partial charge >= 0.3 is 5.97 Å². The highest BCUT2D eigenvalue weighted by atomic mass is 16.5. The Balaban J connectivity index is 2.16. The second-order valence-corrected chi connectivity index (χ2v) is 5.19. The van der Waals surface area contributed by atoms with Crippen LogP contribution in [-0.2, 0) is 14.3 Å². The van der Waals surface area contributed by atoms with Crippen molar-refractivity contribution in [2.75, 3.05) is 29.9 Å². The molecule has 22 heavy (non-hydrogen) atoms. The quantitative estimate of drug-likeness (QED) is 0.861. The summed E-state index contributed by atoms with van der Waals surface area (Å²) in [5, 5.41) is 12.1. The highest BCUT2D eigenvalue weighted by Crippen LogP contribution is 2.29. The lowest BCUT2D eigenvalue weighted by atomic mass is 10.1. The minimum atomic E-state index is -0.516. The maximum atomic E-state index is 11.8. The first-order chi connectivity index (χ1) is 10.6. The van der Waals surface area contributed by atoms with Gasteiger partial charge in [-0.2, -0.15) is 5.26 Å². The van der Waals surface area contributed by atoms with E-state index in [4.69, 9.17) is 0 Å². The van der Waals surface area contributed by atoms with Gasteiger partial charge in [-0.3, -0.25) is 9.59 Å². The summed E-state index contributed by atoms with van der Waals surface area (Å²) in [6, 6.07) is 7.55. The molecule has 1 heterocycles. The Kier molecular flexibility index (Phi) is 5.37. The molecule has 1 amide bonds. The smallest absolute Gasteiger partial charge is 0.303 e. The molecule has 0 spiro atoms. The molecule has 1 aromatic rings. The average molecular weight is 301 g/mol.